The molecule has 0 saturated heterocycles. The summed E-state index contributed by atoms with van der Waals surface area (Å²) in [5, 5.41) is 3.32. The third kappa shape index (κ3) is 6.82. The molecule has 0 aliphatic rings. The van der Waals surface area contributed by atoms with Crippen LogP contribution >= 0.6 is 23.2 Å². The topological polar surface area (TPSA) is 73.9 Å². The lowest BCUT2D eigenvalue weighted by atomic mass is 10.3. The summed E-state index contributed by atoms with van der Waals surface area (Å²) in [6, 6.07) is 11.6. The van der Waals surface area contributed by atoms with Crippen molar-refractivity contribution in [3.8, 4) is 11.5 Å². The predicted octanol–water partition coefficient (Wildman–Crippen LogP) is 3.95. The molecule has 0 unspecified atom stereocenters. The van der Waals surface area contributed by atoms with Gasteiger partial charge < -0.3 is 19.5 Å². The van der Waals surface area contributed by atoms with E-state index in [-0.39, 0.29) is 13.0 Å². The van der Waals surface area contributed by atoms with Crippen LogP contribution in [0.5, 0.6) is 11.5 Å². The summed E-state index contributed by atoms with van der Waals surface area (Å²) in [7, 11) is 1.57. The molecule has 0 aliphatic heterocycles. The van der Waals surface area contributed by atoms with Crippen molar-refractivity contribution in [2.24, 2.45) is 0 Å². The summed E-state index contributed by atoms with van der Waals surface area (Å²) in [4.78, 5) is 23.4. The van der Waals surface area contributed by atoms with Gasteiger partial charge in [-0.15, -0.1) is 0 Å². The monoisotopic (exact) mass is 397 g/mol. The zero-order valence-corrected chi connectivity index (χ0v) is 15.5. The van der Waals surface area contributed by atoms with Crippen molar-refractivity contribution in [2.75, 3.05) is 25.6 Å². The summed E-state index contributed by atoms with van der Waals surface area (Å²) in [5.74, 6) is 0.281. The maximum Gasteiger partial charge on any atom is 0.309 e. The molecule has 1 amide bonds. The molecule has 2 aromatic rings. The number of anilines is 1. The van der Waals surface area contributed by atoms with Crippen molar-refractivity contribution in [3.05, 3.63) is 52.5 Å². The molecule has 0 aliphatic carbocycles. The third-order valence-electron chi connectivity index (χ3n) is 3.14. The molecule has 6 nitrogen and oxygen atoms in total. The second-order valence-corrected chi connectivity index (χ2v) is 6.01. The molecule has 8 heteroatoms. The van der Waals surface area contributed by atoms with Crippen molar-refractivity contribution in [1.82, 2.24) is 0 Å². The van der Waals surface area contributed by atoms with Crippen molar-refractivity contribution in [2.45, 2.75) is 6.42 Å². The van der Waals surface area contributed by atoms with E-state index >= 15 is 0 Å². The van der Waals surface area contributed by atoms with Gasteiger partial charge in [0.1, 0.15) is 11.5 Å². The molecule has 2 rings (SSSR count). The second kappa shape index (κ2) is 9.89. The van der Waals surface area contributed by atoms with Gasteiger partial charge in [-0.05, 0) is 42.5 Å². The lowest BCUT2D eigenvalue weighted by molar-refractivity contribution is -0.147. The minimum atomic E-state index is -0.544. The van der Waals surface area contributed by atoms with Gasteiger partial charge in [-0.3, -0.25) is 9.59 Å². The van der Waals surface area contributed by atoms with Crippen molar-refractivity contribution >= 4 is 40.8 Å². The Morgan fingerprint density at radius 1 is 1.00 bits per heavy atom. The Kier molecular flexibility index (Phi) is 7.56. The van der Waals surface area contributed by atoms with Gasteiger partial charge in [0.15, 0.2) is 6.61 Å². The van der Waals surface area contributed by atoms with Crippen LogP contribution in [0.3, 0.4) is 0 Å². The Labute approximate surface area is 160 Å². The fourth-order valence-corrected chi connectivity index (χ4v) is 2.49. The van der Waals surface area contributed by atoms with Gasteiger partial charge in [-0.2, -0.15) is 0 Å². The van der Waals surface area contributed by atoms with Gasteiger partial charge in [-0.1, -0.05) is 23.2 Å². The normalized spacial score (nSPS) is 10.1. The molecule has 0 fully saturated rings. The van der Waals surface area contributed by atoms with E-state index in [1.165, 1.54) is 12.1 Å². The van der Waals surface area contributed by atoms with E-state index in [9.17, 15) is 9.59 Å². The molecule has 0 saturated carbocycles. The number of amides is 1. The summed E-state index contributed by atoms with van der Waals surface area (Å²) >= 11 is 11.7. The average Bonchev–Trinajstić information content (AvgIpc) is 2.59. The van der Waals surface area contributed by atoms with Gasteiger partial charge in [0, 0.05) is 15.7 Å². The minimum Gasteiger partial charge on any atom is -0.497 e. The van der Waals surface area contributed by atoms with Crippen molar-refractivity contribution in [3.63, 3.8) is 0 Å². The Morgan fingerprint density at radius 3 is 2.23 bits per heavy atom. The molecular weight excluding hydrogens is 381 g/mol. The number of hydrogen-bond acceptors (Lipinski definition) is 5. The molecule has 0 radical (unpaired) electrons. The van der Waals surface area contributed by atoms with Crippen LogP contribution in [-0.4, -0.2) is 32.2 Å². The summed E-state index contributed by atoms with van der Waals surface area (Å²) < 4.78 is 15.4. The van der Waals surface area contributed by atoms with Crippen molar-refractivity contribution < 1.29 is 23.8 Å². The minimum absolute atomic E-state index is 0.0162. The lowest BCUT2D eigenvalue weighted by Crippen LogP contribution is -2.21. The Hall–Kier alpha value is -2.44. The zero-order chi connectivity index (χ0) is 18.9. The summed E-state index contributed by atoms with van der Waals surface area (Å²) in [6.45, 7) is -0.276. The van der Waals surface area contributed by atoms with E-state index in [1.807, 2.05) is 0 Å². The van der Waals surface area contributed by atoms with E-state index < -0.39 is 18.5 Å². The molecule has 0 aromatic heterocycles. The lowest BCUT2D eigenvalue weighted by Gasteiger charge is -2.08. The number of hydrogen-bond donors (Lipinski definition) is 1. The predicted molar refractivity (Wildman–Crippen MR) is 99.2 cm³/mol. The summed E-state index contributed by atoms with van der Waals surface area (Å²) in [5.41, 5.74) is 0.423. The molecule has 2 aromatic carbocycles. The number of carbonyl (C=O) groups excluding carboxylic acids is 2. The van der Waals surface area contributed by atoms with Gasteiger partial charge in [0.25, 0.3) is 5.91 Å². The molecule has 26 heavy (non-hydrogen) atoms. The third-order valence-corrected chi connectivity index (χ3v) is 3.58. The van der Waals surface area contributed by atoms with Crippen LogP contribution in [0.1, 0.15) is 6.42 Å². The standard InChI is InChI=1S/C18H17Cl2NO5/c1-24-15-2-4-16(5-3-15)25-7-6-18(23)26-11-17(22)21-14-9-12(19)8-13(20)10-14/h2-5,8-10H,6-7,11H2,1H3,(H,21,22). The number of rotatable bonds is 8. The van der Waals surface area contributed by atoms with Crippen molar-refractivity contribution in [1.29, 1.82) is 0 Å². The largest absolute Gasteiger partial charge is 0.497 e. The highest BCUT2D eigenvalue weighted by molar-refractivity contribution is 6.35. The number of esters is 1. The Bertz CT molecular complexity index is 744. The molecule has 0 spiro atoms. The molecule has 0 bridgehead atoms. The van der Waals surface area contributed by atoms with Crippen LogP contribution in [0.15, 0.2) is 42.5 Å². The molecule has 1 N–H and O–H groups in total. The average molecular weight is 398 g/mol. The number of benzene rings is 2. The number of halogens is 2. The van der Waals surface area contributed by atoms with Crippen LogP contribution in [0.2, 0.25) is 10.0 Å². The van der Waals surface area contributed by atoms with E-state index in [2.05, 4.69) is 5.32 Å². The fourth-order valence-electron chi connectivity index (χ4n) is 1.97. The molecule has 0 heterocycles. The quantitative estimate of drug-likeness (QED) is 0.682. The Morgan fingerprint density at radius 2 is 1.62 bits per heavy atom. The number of ether oxygens (including phenoxy) is 3. The van der Waals surface area contributed by atoms with Crippen LogP contribution in [0, 0.1) is 0 Å². The second-order valence-electron chi connectivity index (χ2n) is 5.14. The first-order valence-corrected chi connectivity index (χ1v) is 8.40. The number of carbonyl (C=O) groups is 2. The van der Waals surface area contributed by atoms with Gasteiger partial charge in [0.05, 0.1) is 20.1 Å². The van der Waals surface area contributed by atoms with Crippen LogP contribution in [-0.2, 0) is 14.3 Å². The van der Waals surface area contributed by atoms with E-state index in [0.717, 1.165) is 0 Å². The molecule has 138 valence electrons. The fraction of sp³-hybridized carbons (Fsp3) is 0.222. The smallest absolute Gasteiger partial charge is 0.309 e. The molecular formula is C18H17Cl2NO5. The van der Waals surface area contributed by atoms with Crippen LogP contribution in [0.25, 0.3) is 0 Å². The van der Waals surface area contributed by atoms with Gasteiger partial charge >= 0.3 is 5.97 Å². The first-order valence-electron chi connectivity index (χ1n) is 7.64. The first kappa shape index (κ1) is 19.9. The van der Waals surface area contributed by atoms with E-state index in [0.29, 0.717) is 27.2 Å². The maximum absolute atomic E-state index is 11.8. The van der Waals surface area contributed by atoms with Gasteiger partial charge in [0.2, 0.25) is 0 Å². The Balaban J connectivity index is 1.68. The number of nitrogens with one attached hydrogen (secondary N) is 1. The van der Waals surface area contributed by atoms with Gasteiger partial charge in [-0.25, -0.2) is 0 Å². The van der Waals surface area contributed by atoms with E-state index in [1.54, 1.807) is 37.4 Å². The number of methoxy groups -OCH3 is 1. The highest BCUT2D eigenvalue weighted by Gasteiger charge is 2.09. The molecule has 0 atom stereocenters. The van der Waals surface area contributed by atoms with Crippen LogP contribution < -0.4 is 14.8 Å². The summed E-state index contributed by atoms with van der Waals surface area (Å²) in [6.07, 6.45) is 0.0162. The highest BCUT2D eigenvalue weighted by Crippen LogP contribution is 2.22. The van der Waals surface area contributed by atoms with Crippen LogP contribution in [0.4, 0.5) is 5.69 Å². The maximum atomic E-state index is 11.8. The van der Waals surface area contributed by atoms with E-state index in [4.69, 9.17) is 37.4 Å². The SMILES string of the molecule is COc1ccc(OCCC(=O)OCC(=O)Nc2cc(Cl)cc(Cl)c2)cc1. The zero-order valence-electron chi connectivity index (χ0n) is 14.0. The highest BCUT2D eigenvalue weighted by atomic mass is 35.5. The first-order chi connectivity index (χ1) is 12.5.